The van der Waals surface area contributed by atoms with Crippen molar-refractivity contribution in [1.82, 2.24) is 10.2 Å². The number of para-hydroxylation sites is 1. The number of amides is 2. The summed E-state index contributed by atoms with van der Waals surface area (Å²) in [6.45, 7) is 4.38. The molecule has 2 amide bonds. The highest BCUT2D eigenvalue weighted by Gasteiger charge is 2.15. The monoisotopic (exact) mass is 371 g/mol. The van der Waals surface area contributed by atoms with E-state index in [-0.39, 0.29) is 11.5 Å². The van der Waals surface area contributed by atoms with Gasteiger partial charge in [-0.05, 0) is 30.3 Å². The van der Waals surface area contributed by atoms with E-state index in [2.05, 4.69) is 15.5 Å². The maximum Gasteiger partial charge on any atom is 0.255 e. The number of hydrogen-bond donors (Lipinski definition) is 2. The third-order valence-corrected chi connectivity index (χ3v) is 4.32. The number of benzene rings is 2. The van der Waals surface area contributed by atoms with Crippen molar-refractivity contribution >= 4 is 17.5 Å². The molecule has 0 unspecified atom stereocenters. The Balaban J connectivity index is 1.60. The molecule has 2 aromatic rings. The van der Waals surface area contributed by atoms with Crippen LogP contribution in [0.15, 0.2) is 48.5 Å². The molecule has 3 rings (SSSR count). The molecule has 0 aliphatic carbocycles. The predicted octanol–water partition coefficient (Wildman–Crippen LogP) is 2.14. The normalized spacial score (nSPS) is 14.6. The van der Waals surface area contributed by atoms with E-state index in [1.807, 2.05) is 0 Å². The fraction of sp³-hybridized carbons (Fsp3) is 0.300. The summed E-state index contributed by atoms with van der Waals surface area (Å²) < 4.78 is 18.6. The van der Waals surface area contributed by atoms with Crippen molar-refractivity contribution in [2.45, 2.75) is 0 Å². The average molecular weight is 371 g/mol. The Kier molecular flexibility index (Phi) is 6.51. The maximum absolute atomic E-state index is 13.3. The van der Waals surface area contributed by atoms with Gasteiger partial charge in [-0.3, -0.25) is 14.5 Å². The Morgan fingerprint density at radius 3 is 2.59 bits per heavy atom. The molecule has 0 bridgehead atoms. The van der Waals surface area contributed by atoms with Crippen LogP contribution in [0.25, 0.3) is 0 Å². The third-order valence-electron chi connectivity index (χ3n) is 4.32. The molecular weight excluding hydrogens is 349 g/mol. The second-order valence-electron chi connectivity index (χ2n) is 6.22. The van der Waals surface area contributed by atoms with Crippen LogP contribution in [0.5, 0.6) is 0 Å². The molecule has 0 spiro atoms. The topological polar surface area (TPSA) is 70.7 Å². The molecule has 1 heterocycles. The summed E-state index contributed by atoms with van der Waals surface area (Å²) in [6, 6.07) is 12.2. The summed E-state index contributed by atoms with van der Waals surface area (Å²) in [5.41, 5.74) is 0.942. The molecule has 7 heteroatoms. The van der Waals surface area contributed by atoms with Gasteiger partial charge in [0.25, 0.3) is 11.8 Å². The second kappa shape index (κ2) is 9.25. The summed E-state index contributed by atoms with van der Waals surface area (Å²) in [5, 5.41) is 5.56. The van der Waals surface area contributed by atoms with Crippen LogP contribution in [0.4, 0.5) is 10.1 Å². The highest BCUT2D eigenvalue weighted by Crippen LogP contribution is 2.16. The van der Waals surface area contributed by atoms with E-state index < -0.39 is 11.7 Å². The van der Waals surface area contributed by atoms with Crippen molar-refractivity contribution in [2.75, 3.05) is 44.7 Å². The van der Waals surface area contributed by atoms with Crippen LogP contribution in [0, 0.1) is 5.82 Å². The molecule has 1 aliphatic rings. The van der Waals surface area contributed by atoms with E-state index in [0.717, 1.165) is 25.7 Å². The molecule has 27 heavy (non-hydrogen) atoms. The first-order valence-electron chi connectivity index (χ1n) is 8.88. The van der Waals surface area contributed by atoms with Gasteiger partial charge in [0.2, 0.25) is 0 Å². The SMILES string of the molecule is O=C(Nc1ccccc1C(=O)NCCN1CCOCC1)c1cccc(F)c1. The number of nitrogens with one attached hydrogen (secondary N) is 2. The minimum absolute atomic E-state index is 0.192. The standard InChI is InChI=1S/C20H22FN3O3/c21-16-5-3-4-15(14-16)19(25)23-18-7-2-1-6-17(18)20(26)22-8-9-24-10-12-27-13-11-24/h1-7,14H,8-13H2,(H,22,26)(H,23,25). The Morgan fingerprint density at radius 1 is 1.04 bits per heavy atom. The van der Waals surface area contributed by atoms with Crippen molar-refractivity contribution in [2.24, 2.45) is 0 Å². The van der Waals surface area contributed by atoms with Gasteiger partial charge in [-0.15, -0.1) is 0 Å². The second-order valence-corrected chi connectivity index (χ2v) is 6.22. The highest BCUT2D eigenvalue weighted by atomic mass is 19.1. The van der Waals surface area contributed by atoms with Gasteiger partial charge in [0.05, 0.1) is 24.5 Å². The Morgan fingerprint density at radius 2 is 1.81 bits per heavy atom. The molecule has 142 valence electrons. The lowest BCUT2D eigenvalue weighted by molar-refractivity contribution is 0.0383. The van der Waals surface area contributed by atoms with E-state index in [9.17, 15) is 14.0 Å². The van der Waals surface area contributed by atoms with Gasteiger partial charge in [-0.25, -0.2) is 4.39 Å². The molecule has 1 saturated heterocycles. The predicted molar refractivity (Wildman–Crippen MR) is 100 cm³/mol. The minimum atomic E-state index is -0.489. The van der Waals surface area contributed by atoms with Crippen LogP contribution in [-0.2, 0) is 4.74 Å². The number of anilines is 1. The third kappa shape index (κ3) is 5.35. The van der Waals surface area contributed by atoms with Crippen molar-refractivity contribution < 1.29 is 18.7 Å². The summed E-state index contributed by atoms with van der Waals surface area (Å²) in [5.74, 6) is -1.22. The molecule has 1 fully saturated rings. The molecule has 2 aromatic carbocycles. The Labute approximate surface area is 157 Å². The smallest absolute Gasteiger partial charge is 0.255 e. The number of carbonyl (C=O) groups is 2. The van der Waals surface area contributed by atoms with Gasteiger partial charge in [0.1, 0.15) is 5.82 Å². The fourth-order valence-electron chi connectivity index (χ4n) is 2.86. The Bertz CT molecular complexity index is 807. The lowest BCUT2D eigenvalue weighted by Crippen LogP contribution is -2.41. The molecule has 0 saturated carbocycles. The van der Waals surface area contributed by atoms with Crippen LogP contribution in [-0.4, -0.2) is 56.1 Å². The zero-order valence-electron chi connectivity index (χ0n) is 14.9. The fourth-order valence-corrected chi connectivity index (χ4v) is 2.86. The van der Waals surface area contributed by atoms with Crippen molar-refractivity contribution in [3.05, 3.63) is 65.5 Å². The maximum atomic E-state index is 13.3. The lowest BCUT2D eigenvalue weighted by atomic mass is 10.1. The van der Waals surface area contributed by atoms with Crippen LogP contribution in [0.3, 0.4) is 0 Å². The van der Waals surface area contributed by atoms with Gasteiger partial charge in [0.15, 0.2) is 0 Å². The van der Waals surface area contributed by atoms with Gasteiger partial charge in [0, 0.05) is 31.7 Å². The number of nitrogens with zero attached hydrogens (tertiary/aromatic N) is 1. The number of ether oxygens (including phenoxy) is 1. The van der Waals surface area contributed by atoms with Gasteiger partial charge in [-0.2, -0.15) is 0 Å². The lowest BCUT2D eigenvalue weighted by Gasteiger charge is -2.26. The number of rotatable bonds is 6. The van der Waals surface area contributed by atoms with Gasteiger partial charge >= 0.3 is 0 Å². The number of hydrogen-bond acceptors (Lipinski definition) is 4. The van der Waals surface area contributed by atoms with E-state index >= 15 is 0 Å². The average Bonchev–Trinajstić information content (AvgIpc) is 2.69. The van der Waals surface area contributed by atoms with Crippen LogP contribution in [0.1, 0.15) is 20.7 Å². The molecule has 0 atom stereocenters. The van der Waals surface area contributed by atoms with Crippen molar-refractivity contribution in [3.8, 4) is 0 Å². The van der Waals surface area contributed by atoms with Crippen LogP contribution < -0.4 is 10.6 Å². The molecule has 6 nitrogen and oxygen atoms in total. The molecule has 0 radical (unpaired) electrons. The zero-order valence-corrected chi connectivity index (χ0v) is 14.9. The molecule has 2 N–H and O–H groups in total. The largest absolute Gasteiger partial charge is 0.379 e. The number of halogens is 1. The highest BCUT2D eigenvalue weighted by molar-refractivity contribution is 6.08. The first-order valence-corrected chi connectivity index (χ1v) is 8.88. The van der Waals surface area contributed by atoms with Crippen molar-refractivity contribution in [3.63, 3.8) is 0 Å². The van der Waals surface area contributed by atoms with Gasteiger partial charge < -0.3 is 15.4 Å². The van der Waals surface area contributed by atoms with Crippen LogP contribution in [0.2, 0.25) is 0 Å². The Hall–Kier alpha value is -2.77. The summed E-state index contributed by atoms with van der Waals surface area (Å²) in [7, 11) is 0. The number of carbonyl (C=O) groups excluding carboxylic acids is 2. The van der Waals surface area contributed by atoms with E-state index in [0.29, 0.717) is 31.0 Å². The summed E-state index contributed by atoms with van der Waals surface area (Å²) in [6.07, 6.45) is 0. The zero-order chi connectivity index (χ0) is 19.1. The van der Waals surface area contributed by atoms with Gasteiger partial charge in [-0.1, -0.05) is 18.2 Å². The molecular formula is C20H22FN3O3. The van der Waals surface area contributed by atoms with Crippen molar-refractivity contribution in [1.29, 1.82) is 0 Å². The first kappa shape index (κ1) is 19.0. The quantitative estimate of drug-likeness (QED) is 0.816. The first-order chi connectivity index (χ1) is 13.1. The minimum Gasteiger partial charge on any atom is -0.379 e. The molecule has 1 aliphatic heterocycles. The van der Waals surface area contributed by atoms with E-state index in [1.165, 1.54) is 18.2 Å². The van der Waals surface area contributed by atoms with E-state index in [1.54, 1.807) is 24.3 Å². The summed E-state index contributed by atoms with van der Waals surface area (Å²) >= 11 is 0. The molecule has 0 aromatic heterocycles. The number of morpholine rings is 1. The summed E-state index contributed by atoms with van der Waals surface area (Å²) in [4.78, 5) is 27.1. The van der Waals surface area contributed by atoms with Crippen LogP contribution >= 0.6 is 0 Å². The van der Waals surface area contributed by atoms with E-state index in [4.69, 9.17) is 4.74 Å².